The van der Waals surface area contributed by atoms with Gasteiger partial charge in [-0.15, -0.1) is 0 Å². The van der Waals surface area contributed by atoms with E-state index in [9.17, 15) is 9.59 Å². The fourth-order valence-electron chi connectivity index (χ4n) is 3.26. The summed E-state index contributed by atoms with van der Waals surface area (Å²) >= 11 is 0. The number of para-hydroxylation sites is 1. The normalized spacial score (nSPS) is 16.9. The van der Waals surface area contributed by atoms with E-state index in [0.29, 0.717) is 18.5 Å². The molecule has 0 bridgehead atoms. The van der Waals surface area contributed by atoms with Gasteiger partial charge in [0, 0.05) is 43.4 Å². The van der Waals surface area contributed by atoms with Gasteiger partial charge in [-0.25, -0.2) is 4.98 Å². The third-order valence-corrected chi connectivity index (χ3v) is 4.61. The Balaban J connectivity index is 1.73. The van der Waals surface area contributed by atoms with Crippen LogP contribution >= 0.6 is 0 Å². The van der Waals surface area contributed by atoms with E-state index < -0.39 is 0 Å². The lowest BCUT2D eigenvalue weighted by Crippen LogP contribution is -2.36. The first-order chi connectivity index (χ1) is 12.6. The molecule has 1 saturated heterocycles. The molecule has 4 rings (SSSR count). The molecule has 0 saturated carbocycles. The van der Waals surface area contributed by atoms with Crippen LogP contribution in [0.25, 0.3) is 22.2 Å². The van der Waals surface area contributed by atoms with Gasteiger partial charge in [-0.3, -0.25) is 14.6 Å². The lowest BCUT2D eigenvalue weighted by atomic mass is 10.0. The molecule has 1 aliphatic rings. The number of nitrogens with one attached hydrogen (secondary N) is 1. The number of benzene rings is 1. The van der Waals surface area contributed by atoms with Crippen molar-refractivity contribution >= 4 is 22.7 Å². The molecule has 2 aromatic heterocycles. The number of carbonyl (C=O) groups is 2. The van der Waals surface area contributed by atoms with Crippen LogP contribution in [0.2, 0.25) is 0 Å². The van der Waals surface area contributed by atoms with Gasteiger partial charge in [0.1, 0.15) is 0 Å². The van der Waals surface area contributed by atoms with E-state index in [0.717, 1.165) is 22.2 Å². The highest BCUT2D eigenvalue weighted by atomic mass is 16.2. The minimum atomic E-state index is -0.188. The number of likely N-dealkylation sites (tertiary alicyclic amines) is 1. The van der Waals surface area contributed by atoms with Crippen molar-refractivity contribution < 1.29 is 9.59 Å². The zero-order valence-electron chi connectivity index (χ0n) is 14.3. The molecule has 26 heavy (non-hydrogen) atoms. The predicted octanol–water partition coefficient (Wildman–Crippen LogP) is 2.26. The Kier molecular flexibility index (Phi) is 4.08. The number of hydrogen-bond acceptors (Lipinski definition) is 4. The number of hydrogen-bond donors (Lipinski definition) is 1. The molecule has 1 aliphatic heterocycles. The molecule has 1 atom stereocenters. The Bertz CT molecular complexity index is 988. The zero-order chi connectivity index (χ0) is 18.1. The Morgan fingerprint density at radius 3 is 2.69 bits per heavy atom. The second kappa shape index (κ2) is 6.55. The monoisotopic (exact) mass is 346 g/mol. The highest BCUT2D eigenvalue weighted by molar-refractivity contribution is 6.07. The van der Waals surface area contributed by atoms with Crippen LogP contribution in [0.1, 0.15) is 16.8 Å². The fourth-order valence-corrected chi connectivity index (χ4v) is 3.26. The van der Waals surface area contributed by atoms with Crippen molar-refractivity contribution in [2.75, 3.05) is 13.6 Å². The van der Waals surface area contributed by atoms with Gasteiger partial charge >= 0.3 is 0 Å². The highest BCUT2D eigenvalue weighted by Crippen LogP contribution is 2.25. The Morgan fingerprint density at radius 2 is 1.96 bits per heavy atom. The Morgan fingerprint density at radius 1 is 1.19 bits per heavy atom. The highest BCUT2D eigenvalue weighted by Gasteiger charge is 2.28. The molecule has 0 radical (unpaired) electrons. The van der Waals surface area contributed by atoms with E-state index >= 15 is 0 Å². The van der Waals surface area contributed by atoms with Crippen LogP contribution in [0.4, 0.5) is 0 Å². The van der Waals surface area contributed by atoms with Crippen LogP contribution in [-0.2, 0) is 4.79 Å². The van der Waals surface area contributed by atoms with Gasteiger partial charge in [0.2, 0.25) is 5.91 Å². The van der Waals surface area contributed by atoms with Crippen LogP contribution in [0.3, 0.4) is 0 Å². The average Bonchev–Trinajstić information content (AvgIpc) is 2.98. The van der Waals surface area contributed by atoms with Crippen molar-refractivity contribution in [3.05, 3.63) is 60.4 Å². The van der Waals surface area contributed by atoms with E-state index in [1.54, 1.807) is 30.4 Å². The topological polar surface area (TPSA) is 75.2 Å². The van der Waals surface area contributed by atoms with Crippen LogP contribution in [0.15, 0.2) is 54.9 Å². The van der Waals surface area contributed by atoms with Gasteiger partial charge in [-0.2, -0.15) is 0 Å². The van der Waals surface area contributed by atoms with E-state index in [4.69, 9.17) is 0 Å². The number of pyridine rings is 2. The first kappa shape index (κ1) is 16.2. The summed E-state index contributed by atoms with van der Waals surface area (Å²) in [6.07, 6.45) is 3.74. The van der Waals surface area contributed by atoms with Gasteiger partial charge in [-0.05, 0) is 24.3 Å². The van der Waals surface area contributed by atoms with E-state index in [1.807, 2.05) is 36.4 Å². The summed E-state index contributed by atoms with van der Waals surface area (Å²) in [4.78, 5) is 35.0. The molecule has 1 N–H and O–H groups in total. The van der Waals surface area contributed by atoms with Crippen molar-refractivity contribution in [1.29, 1.82) is 0 Å². The van der Waals surface area contributed by atoms with Crippen LogP contribution in [0.5, 0.6) is 0 Å². The standard InChI is InChI=1S/C20H18N4O2/c1-24-12-14(10-19(24)25)22-20(26)16-11-18(13-6-8-21-9-7-13)23-17-5-3-2-4-15(16)17/h2-9,11,14H,10,12H2,1H3,(H,22,26). The van der Waals surface area contributed by atoms with Crippen molar-refractivity contribution in [3.63, 3.8) is 0 Å². The van der Waals surface area contributed by atoms with Crippen molar-refractivity contribution in [3.8, 4) is 11.3 Å². The summed E-state index contributed by atoms with van der Waals surface area (Å²) in [6, 6.07) is 12.9. The summed E-state index contributed by atoms with van der Waals surface area (Å²) in [5.74, 6) is -0.139. The summed E-state index contributed by atoms with van der Waals surface area (Å²) in [5, 5.41) is 3.78. The smallest absolute Gasteiger partial charge is 0.252 e. The summed E-state index contributed by atoms with van der Waals surface area (Å²) in [6.45, 7) is 0.533. The van der Waals surface area contributed by atoms with Gasteiger partial charge < -0.3 is 10.2 Å². The number of amides is 2. The molecule has 1 unspecified atom stereocenters. The maximum Gasteiger partial charge on any atom is 0.252 e. The first-order valence-corrected chi connectivity index (χ1v) is 8.47. The van der Waals surface area contributed by atoms with Crippen molar-refractivity contribution in [2.24, 2.45) is 0 Å². The maximum absolute atomic E-state index is 12.9. The molecule has 6 heteroatoms. The van der Waals surface area contributed by atoms with Crippen LogP contribution < -0.4 is 5.32 Å². The Hall–Kier alpha value is -3.28. The lowest BCUT2D eigenvalue weighted by Gasteiger charge is -2.14. The second-order valence-electron chi connectivity index (χ2n) is 6.46. The zero-order valence-corrected chi connectivity index (χ0v) is 14.3. The number of carbonyl (C=O) groups excluding carboxylic acids is 2. The number of fused-ring (bicyclic) bond motifs is 1. The number of aromatic nitrogens is 2. The molecular weight excluding hydrogens is 328 g/mol. The van der Waals surface area contributed by atoms with E-state index in [2.05, 4.69) is 15.3 Å². The molecule has 130 valence electrons. The van der Waals surface area contributed by atoms with E-state index in [-0.39, 0.29) is 17.9 Å². The summed E-state index contributed by atoms with van der Waals surface area (Å²) in [5.41, 5.74) is 2.93. The number of nitrogens with zero attached hydrogens (tertiary/aromatic N) is 3. The molecule has 6 nitrogen and oxygen atoms in total. The van der Waals surface area contributed by atoms with Gasteiger partial charge in [0.25, 0.3) is 5.91 Å². The van der Waals surface area contributed by atoms with Gasteiger partial charge in [0.15, 0.2) is 0 Å². The maximum atomic E-state index is 12.9. The van der Waals surface area contributed by atoms with Crippen molar-refractivity contribution in [1.82, 2.24) is 20.2 Å². The third-order valence-electron chi connectivity index (χ3n) is 4.61. The van der Waals surface area contributed by atoms with Crippen LogP contribution in [-0.4, -0.2) is 46.3 Å². The third kappa shape index (κ3) is 3.01. The van der Waals surface area contributed by atoms with Gasteiger partial charge in [0.05, 0.1) is 22.8 Å². The van der Waals surface area contributed by atoms with E-state index in [1.165, 1.54) is 0 Å². The minimum Gasteiger partial charge on any atom is -0.347 e. The molecular formula is C20H18N4O2. The number of likely N-dealkylation sites (N-methyl/N-ethyl adjacent to an activating group) is 1. The molecule has 1 aromatic carbocycles. The molecule has 2 amide bonds. The van der Waals surface area contributed by atoms with Crippen molar-refractivity contribution in [2.45, 2.75) is 12.5 Å². The molecule has 0 aliphatic carbocycles. The Labute approximate surface area is 150 Å². The van der Waals surface area contributed by atoms with Gasteiger partial charge in [-0.1, -0.05) is 18.2 Å². The quantitative estimate of drug-likeness (QED) is 0.789. The molecule has 0 spiro atoms. The molecule has 1 fully saturated rings. The van der Waals surface area contributed by atoms with Crippen LogP contribution in [0, 0.1) is 0 Å². The predicted molar refractivity (Wildman–Crippen MR) is 98.5 cm³/mol. The summed E-state index contributed by atoms with van der Waals surface area (Å²) < 4.78 is 0. The fraction of sp³-hybridized carbons (Fsp3) is 0.200. The average molecular weight is 346 g/mol. The SMILES string of the molecule is CN1CC(NC(=O)c2cc(-c3ccncc3)nc3ccccc23)CC1=O. The minimum absolute atomic E-state index is 0.0485. The number of rotatable bonds is 3. The first-order valence-electron chi connectivity index (χ1n) is 8.47. The largest absolute Gasteiger partial charge is 0.347 e. The summed E-state index contributed by atoms with van der Waals surface area (Å²) in [7, 11) is 1.75. The second-order valence-corrected chi connectivity index (χ2v) is 6.46. The lowest BCUT2D eigenvalue weighted by molar-refractivity contribution is -0.126. The molecule has 3 heterocycles. The molecule has 3 aromatic rings.